The predicted octanol–water partition coefficient (Wildman–Crippen LogP) is 1.62. The summed E-state index contributed by atoms with van der Waals surface area (Å²) >= 11 is 0. The maximum absolute atomic E-state index is 13.0. The Bertz CT molecular complexity index is 679. The summed E-state index contributed by atoms with van der Waals surface area (Å²) in [5.41, 5.74) is 3.09. The molecule has 2 aliphatic heterocycles. The monoisotopic (exact) mass is 296 g/mol. The molecular formula is C17H20N4O. The average Bonchev–Trinajstić information content (AvgIpc) is 3.18. The highest BCUT2D eigenvalue weighted by Crippen LogP contribution is 2.26. The number of piperazine rings is 1. The van der Waals surface area contributed by atoms with Gasteiger partial charge in [0, 0.05) is 26.2 Å². The summed E-state index contributed by atoms with van der Waals surface area (Å²) in [5.74, 6) is 0.124. The Morgan fingerprint density at radius 1 is 1.23 bits per heavy atom. The minimum Gasteiger partial charge on any atom is -0.329 e. The van der Waals surface area contributed by atoms with Crippen molar-refractivity contribution in [1.29, 1.82) is 0 Å². The number of aromatic nitrogens is 2. The number of benzene rings is 1. The van der Waals surface area contributed by atoms with E-state index in [4.69, 9.17) is 0 Å². The molecule has 5 heteroatoms. The summed E-state index contributed by atoms with van der Waals surface area (Å²) in [6, 6.07) is 10.4. The van der Waals surface area contributed by atoms with Crippen LogP contribution >= 0.6 is 0 Å². The first-order valence-corrected chi connectivity index (χ1v) is 7.96. The standard InChI is InChI=1S/C17H20N4O/c22-17(14-11-19-21-9-4-7-15(14)21)20-10-8-18-12-16(20)13-5-2-1-3-6-13/h1-3,5-6,11,16,18H,4,7-10,12H2. The molecule has 1 atom stereocenters. The van der Waals surface area contributed by atoms with Crippen molar-refractivity contribution in [2.24, 2.45) is 0 Å². The van der Waals surface area contributed by atoms with Gasteiger partial charge in [0.25, 0.3) is 5.91 Å². The first kappa shape index (κ1) is 13.5. The van der Waals surface area contributed by atoms with Crippen LogP contribution in [0.4, 0.5) is 0 Å². The van der Waals surface area contributed by atoms with Gasteiger partial charge in [0.1, 0.15) is 0 Å². The third-order valence-corrected chi connectivity index (χ3v) is 4.65. The molecule has 1 fully saturated rings. The molecule has 1 amide bonds. The van der Waals surface area contributed by atoms with Gasteiger partial charge in [-0.2, -0.15) is 5.10 Å². The highest BCUT2D eigenvalue weighted by atomic mass is 16.2. The van der Waals surface area contributed by atoms with E-state index >= 15 is 0 Å². The van der Waals surface area contributed by atoms with Gasteiger partial charge in [-0.15, -0.1) is 0 Å². The van der Waals surface area contributed by atoms with Gasteiger partial charge >= 0.3 is 0 Å². The van der Waals surface area contributed by atoms with E-state index in [0.29, 0.717) is 0 Å². The van der Waals surface area contributed by atoms with Crippen LogP contribution in [0.1, 0.15) is 34.1 Å². The normalized spacial score (nSPS) is 20.9. The lowest BCUT2D eigenvalue weighted by Crippen LogP contribution is -2.48. The molecule has 0 aliphatic carbocycles. The lowest BCUT2D eigenvalue weighted by molar-refractivity contribution is 0.0633. The zero-order chi connectivity index (χ0) is 14.9. The Morgan fingerprint density at radius 3 is 2.95 bits per heavy atom. The maximum Gasteiger partial charge on any atom is 0.257 e. The van der Waals surface area contributed by atoms with E-state index in [1.807, 2.05) is 27.8 Å². The van der Waals surface area contributed by atoms with Crippen molar-refractivity contribution in [3.05, 3.63) is 53.3 Å². The van der Waals surface area contributed by atoms with Crippen LogP contribution in [0.5, 0.6) is 0 Å². The number of aryl methyl sites for hydroxylation is 1. The molecular weight excluding hydrogens is 276 g/mol. The number of rotatable bonds is 2. The van der Waals surface area contributed by atoms with Crippen LogP contribution in [-0.4, -0.2) is 40.2 Å². The molecule has 2 aromatic rings. The van der Waals surface area contributed by atoms with Crippen molar-refractivity contribution < 1.29 is 4.79 Å². The highest BCUT2D eigenvalue weighted by molar-refractivity contribution is 5.95. The number of carbonyl (C=O) groups excluding carboxylic acids is 1. The van der Waals surface area contributed by atoms with E-state index in [9.17, 15) is 4.79 Å². The van der Waals surface area contributed by atoms with Crippen LogP contribution in [0, 0.1) is 0 Å². The second-order valence-electron chi connectivity index (χ2n) is 5.96. The summed E-state index contributed by atoms with van der Waals surface area (Å²) in [6.07, 6.45) is 3.80. The van der Waals surface area contributed by atoms with Crippen LogP contribution < -0.4 is 5.32 Å². The van der Waals surface area contributed by atoms with Crippen molar-refractivity contribution in [2.45, 2.75) is 25.4 Å². The number of nitrogens with one attached hydrogen (secondary N) is 1. The Morgan fingerprint density at radius 2 is 2.09 bits per heavy atom. The van der Waals surface area contributed by atoms with Crippen LogP contribution in [0.2, 0.25) is 0 Å². The average molecular weight is 296 g/mol. The highest BCUT2D eigenvalue weighted by Gasteiger charge is 2.31. The minimum atomic E-state index is 0.0967. The topological polar surface area (TPSA) is 50.2 Å². The third-order valence-electron chi connectivity index (χ3n) is 4.65. The number of hydrogen-bond acceptors (Lipinski definition) is 3. The number of carbonyl (C=O) groups is 1. The van der Waals surface area contributed by atoms with Gasteiger partial charge in [-0.3, -0.25) is 9.48 Å². The van der Waals surface area contributed by atoms with Crippen molar-refractivity contribution in [1.82, 2.24) is 20.0 Å². The fourth-order valence-electron chi connectivity index (χ4n) is 3.52. The van der Waals surface area contributed by atoms with Crippen LogP contribution in [-0.2, 0) is 13.0 Å². The number of hydrogen-bond donors (Lipinski definition) is 1. The van der Waals surface area contributed by atoms with E-state index in [2.05, 4.69) is 22.5 Å². The Labute approximate surface area is 129 Å². The van der Waals surface area contributed by atoms with E-state index in [1.165, 1.54) is 5.56 Å². The van der Waals surface area contributed by atoms with Gasteiger partial charge in [0.15, 0.2) is 0 Å². The second-order valence-corrected chi connectivity index (χ2v) is 5.96. The summed E-state index contributed by atoms with van der Waals surface area (Å²) in [7, 11) is 0. The minimum absolute atomic E-state index is 0.0967. The zero-order valence-corrected chi connectivity index (χ0v) is 12.5. The first-order valence-electron chi connectivity index (χ1n) is 7.96. The molecule has 5 nitrogen and oxygen atoms in total. The summed E-state index contributed by atoms with van der Waals surface area (Å²) in [4.78, 5) is 15.1. The molecule has 22 heavy (non-hydrogen) atoms. The van der Waals surface area contributed by atoms with Crippen molar-refractivity contribution in [2.75, 3.05) is 19.6 Å². The van der Waals surface area contributed by atoms with Gasteiger partial charge in [-0.05, 0) is 18.4 Å². The molecule has 4 rings (SSSR count). The molecule has 1 saturated heterocycles. The summed E-state index contributed by atoms with van der Waals surface area (Å²) in [6.45, 7) is 3.33. The lowest BCUT2D eigenvalue weighted by atomic mass is 10.0. The molecule has 1 aromatic heterocycles. The van der Waals surface area contributed by atoms with E-state index in [-0.39, 0.29) is 11.9 Å². The Kier molecular flexibility index (Phi) is 3.42. The molecule has 0 spiro atoms. The van der Waals surface area contributed by atoms with Crippen molar-refractivity contribution in [3.8, 4) is 0 Å². The van der Waals surface area contributed by atoms with Gasteiger partial charge in [0.2, 0.25) is 0 Å². The molecule has 114 valence electrons. The van der Waals surface area contributed by atoms with E-state index < -0.39 is 0 Å². The number of amides is 1. The molecule has 0 radical (unpaired) electrons. The Hall–Kier alpha value is -2.14. The van der Waals surface area contributed by atoms with E-state index in [0.717, 1.165) is 50.3 Å². The van der Waals surface area contributed by atoms with Gasteiger partial charge in [-0.1, -0.05) is 30.3 Å². The maximum atomic E-state index is 13.0. The van der Waals surface area contributed by atoms with Gasteiger partial charge in [-0.25, -0.2) is 0 Å². The molecule has 3 heterocycles. The van der Waals surface area contributed by atoms with Crippen LogP contribution in [0.25, 0.3) is 0 Å². The molecule has 1 aromatic carbocycles. The van der Waals surface area contributed by atoms with Gasteiger partial charge in [0.05, 0.1) is 23.5 Å². The van der Waals surface area contributed by atoms with Crippen LogP contribution in [0.15, 0.2) is 36.5 Å². The summed E-state index contributed by atoms with van der Waals surface area (Å²) < 4.78 is 1.98. The molecule has 1 unspecified atom stereocenters. The smallest absolute Gasteiger partial charge is 0.257 e. The fourth-order valence-corrected chi connectivity index (χ4v) is 3.52. The third kappa shape index (κ3) is 2.22. The molecule has 0 saturated carbocycles. The largest absolute Gasteiger partial charge is 0.329 e. The predicted molar refractivity (Wildman–Crippen MR) is 83.6 cm³/mol. The lowest BCUT2D eigenvalue weighted by Gasteiger charge is -2.36. The molecule has 2 aliphatic rings. The number of nitrogens with zero attached hydrogens (tertiary/aromatic N) is 3. The van der Waals surface area contributed by atoms with E-state index in [1.54, 1.807) is 6.20 Å². The summed E-state index contributed by atoms with van der Waals surface area (Å²) in [5, 5.41) is 7.77. The van der Waals surface area contributed by atoms with Crippen LogP contribution in [0.3, 0.4) is 0 Å². The molecule has 1 N–H and O–H groups in total. The van der Waals surface area contributed by atoms with Gasteiger partial charge < -0.3 is 10.2 Å². The zero-order valence-electron chi connectivity index (χ0n) is 12.5. The van der Waals surface area contributed by atoms with Crippen molar-refractivity contribution in [3.63, 3.8) is 0 Å². The molecule has 0 bridgehead atoms. The second kappa shape index (κ2) is 5.57. The first-order chi connectivity index (χ1) is 10.8. The quantitative estimate of drug-likeness (QED) is 0.916. The Balaban J connectivity index is 1.65. The number of fused-ring (bicyclic) bond motifs is 1. The fraction of sp³-hybridized carbons (Fsp3) is 0.412. The SMILES string of the molecule is O=C(c1cnn2c1CCC2)N1CCNCC1c1ccccc1. The van der Waals surface area contributed by atoms with Crippen molar-refractivity contribution >= 4 is 5.91 Å².